The van der Waals surface area contributed by atoms with Crippen molar-refractivity contribution in [1.82, 2.24) is 4.90 Å². The number of benzene rings is 2. The molecule has 0 bridgehead atoms. The number of carbonyl (C=O) groups excluding carboxylic acids is 1. The maximum atomic E-state index is 12.1. The normalized spacial score (nSPS) is 17.1. The van der Waals surface area contributed by atoms with Crippen LogP contribution in [0, 0.1) is 0 Å². The highest BCUT2D eigenvalue weighted by atomic mass is 16.2. The molecule has 1 heterocycles. The standard InChI is InChI=1S/C15H17N3O/c1-15(16)9-18(10-15)14(19)17-13-8-4-6-11-5-2-3-7-12(11)13/h2-8H,9-10,16H2,1H3,(H,17,19). The molecule has 0 saturated carbocycles. The second kappa shape index (κ2) is 4.24. The summed E-state index contributed by atoms with van der Waals surface area (Å²) in [7, 11) is 0. The van der Waals surface area contributed by atoms with Crippen LogP contribution in [0.1, 0.15) is 6.92 Å². The summed E-state index contributed by atoms with van der Waals surface area (Å²) < 4.78 is 0. The highest BCUT2D eigenvalue weighted by Crippen LogP contribution is 2.24. The molecular weight excluding hydrogens is 238 g/mol. The Kier molecular flexibility index (Phi) is 2.68. The zero-order valence-corrected chi connectivity index (χ0v) is 10.9. The molecule has 1 fully saturated rings. The maximum absolute atomic E-state index is 12.1. The SMILES string of the molecule is CC1(N)CN(C(=O)Nc2cccc3ccccc23)C1. The van der Waals surface area contributed by atoms with Crippen LogP contribution in [-0.2, 0) is 0 Å². The third kappa shape index (κ3) is 2.27. The molecule has 19 heavy (non-hydrogen) atoms. The van der Waals surface area contributed by atoms with E-state index in [1.54, 1.807) is 4.90 Å². The molecule has 0 aromatic heterocycles. The Balaban J connectivity index is 1.80. The lowest BCUT2D eigenvalue weighted by Gasteiger charge is -2.45. The molecular formula is C15H17N3O. The van der Waals surface area contributed by atoms with Gasteiger partial charge in [0.1, 0.15) is 0 Å². The molecule has 2 aromatic carbocycles. The molecule has 4 nitrogen and oxygen atoms in total. The number of nitrogens with two attached hydrogens (primary N) is 1. The Morgan fingerprint density at radius 3 is 2.63 bits per heavy atom. The summed E-state index contributed by atoms with van der Waals surface area (Å²) in [5, 5.41) is 5.12. The number of nitrogens with zero attached hydrogens (tertiary/aromatic N) is 1. The van der Waals surface area contributed by atoms with Crippen molar-refractivity contribution in [3.05, 3.63) is 42.5 Å². The van der Waals surface area contributed by atoms with E-state index in [1.807, 2.05) is 49.4 Å². The van der Waals surface area contributed by atoms with Crippen molar-refractivity contribution < 1.29 is 4.79 Å². The Morgan fingerprint density at radius 2 is 1.89 bits per heavy atom. The van der Waals surface area contributed by atoms with Gasteiger partial charge in [-0.2, -0.15) is 0 Å². The second-order valence-electron chi connectivity index (χ2n) is 5.47. The molecule has 0 unspecified atom stereocenters. The van der Waals surface area contributed by atoms with E-state index in [0.717, 1.165) is 16.5 Å². The average Bonchev–Trinajstić information content (AvgIpc) is 2.36. The van der Waals surface area contributed by atoms with Gasteiger partial charge in [0.15, 0.2) is 0 Å². The van der Waals surface area contributed by atoms with Crippen LogP contribution in [0.5, 0.6) is 0 Å². The van der Waals surface area contributed by atoms with Gasteiger partial charge in [-0.1, -0.05) is 36.4 Å². The fraction of sp³-hybridized carbons (Fsp3) is 0.267. The molecule has 1 saturated heterocycles. The molecule has 2 amide bonds. The third-order valence-corrected chi connectivity index (χ3v) is 3.42. The van der Waals surface area contributed by atoms with Gasteiger partial charge in [0.2, 0.25) is 0 Å². The molecule has 4 heteroatoms. The monoisotopic (exact) mass is 255 g/mol. The predicted octanol–water partition coefficient (Wildman–Crippen LogP) is 2.40. The van der Waals surface area contributed by atoms with Gasteiger partial charge < -0.3 is 16.0 Å². The maximum Gasteiger partial charge on any atom is 0.321 e. The van der Waals surface area contributed by atoms with Gasteiger partial charge in [0.05, 0.1) is 5.69 Å². The molecule has 0 atom stereocenters. The summed E-state index contributed by atoms with van der Waals surface area (Å²) in [5.41, 5.74) is 6.51. The quantitative estimate of drug-likeness (QED) is 0.822. The first-order chi connectivity index (χ1) is 9.05. The molecule has 3 rings (SSSR count). The number of fused-ring (bicyclic) bond motifs is 1. The number of carbonyl (C=O) groups is 1. The van der Waals surface area contributed by atoms with Crippen molar-refractivity contribution in [2.45, 2.75) is 12.5 Å². The van der Waals surface area contributed by atoms with E-state index in [1.165, 1.54) is 0 Å². The zero-order valence-electron chi connectivity index (χ0n) is 10.9. The van der Waals surface area contributed by atoms with Gasteiger partial charge in [-0.25, -0.2) is 4.79 Å². The Labute approximate surface area is 112 Å². The first-order valence-electron chi connectivity index (χ1n) is 6.38. The molecule has 98 valence electrons. The van der Waals surface area contributed by atoms with Crippen LogP contribution in [0.2, 0.25) is 0 Å². The minimum Gasteiger partial charge on any atom is -0.322 e. The number of nitrogens with one attached hydrogen (secondary N) is 1. The fourth-order valence-electron chi connectivity index (χ4n) is 2.50. The minimum absolute atomic E-state index is 0.0840. The van der Waals surface area contributed by atoms with E-state index in [9.17, 15) is 4.79 Å². The van der Waals surface area contributed by atoms with Crippen LogP contribution in [0.15, 0.2) is 42.5 Å². The lowest BCUT2D eigenvalue weighted by molar-refractivity contribution is 0.117. The molecule has 1 aliphatic heterocycles. The number of urea groups is 1. The van der Waals surface area contributed by atoms with Crippen LogP contribution in [0.3, 0.4) is 0 Å². The van der Waals surface area contributed by atoms with Crippen LogP contribution in [0.25, 0.3) is 10.8 Å². The predicted molar refractivity (Wildman–Crippen MR) is 77.1 cm³/mol. The van der Waals surface area contributed by atoms with Gasteiger partial charge >= 0.3 is 6.03 Å². The highest BCUT2D eigenvalue weighted by molar-refractivity contribution is 6.01. The Hall–Kier alpha value is -2.07. The first-order valence-corrected chi connectivity index (χ1v) is 6.38. The summed E-state index contributed by atoms with van der Waals surface area (Å²) in [6.07, 6.45) is 0. The van der Waals surface area contributed by atoms with Crippen molar-refractivity contribution in [1.29, 1.82) is 0 Å². The van der Waals surface area contributed by atoms with Gasteiger partial charge in [0.25, 0.3) is 0 Å². The second-order valence-corrected chi connectivity index (χ2v) is 5.47. The number of hydrogen-bond acceptors (Lipinski definition) is 2. The van der Waals surface area contributed by atoms with Crippen molar-refractivity contribution >= 4 is 22.5 Å². The van der Waals surface area contributed by atoms with Crippen molar-refractivity contribution in [2.24, 2.45) is 5.73 Å². The summed E-state index contributed by atoms with van der Waals surface area (Å²) in [5.74, 6) is 0. The van der Waals surface area contributed by atoms with Crippen LogP contribution < -0.4 is 11.1 Å². The number of likely N-dealkylation sites (tertiary alicyclic amines) is 1. The van der Waals surface area contributed by atoms with Crippen LogP contribution in [0.4, 0.5) is 10.5 Å². The summed E-state index contributed by atoms with van der Waals surface area (Å²) in [6.45, 7) is 3.15. The number of amides is 2. The van der Waals surface area contributed by atoms with Crippen molar-refractivity contribution in [3.63, 3.8) is 0 Å². The van der Waals surface area contributed by atoms with Crippen molar-refractivity contribution in [3.8, 4) is 0 Å². The zero-order chi connectivity index (χ0) is 13.5. The smallest absolute Gasteiger partial charge is 0.321 e. The topological polar surface area (TPSA) is 58.4 Å². The van der Waals surface area contributed by atoms with Gasteiger partial charge in [0, 0.05) is 24.0 Å². The summed E-state index contributed by atoms with van der Waals surface area (Å²) in [6, 6.07) is 13.8. The average molecular weight is 255 g/mol. The summed E-state index contributed by atoms with van der Waals surface area (Å²) >= 11 is 0. The van der Waals surface area contributed by atoms with Gasteiger partial charge in [-0.05, 0) is 18.4 Å². The largest absolute Gasteiger partial charge is 0.322 e. The van der Waals surface area contributed by atoms with Crippen molar-refractivity contribution in [2.75, 3.05) is 18.4 Å². The van der Waals surface area contributed by atoms with E-state index in [4.69, 9.17) is 5.73 Å². The third-order valence-electron chi connectivity index (χ3n) is 3.42. The van der Waals surface area contributed by atoms with E-state index in [2.05, 4.69) is 5.32 Å². The molecule has 1 aliphatic rings. The van der Waals surface area contributed by atoms with Gasteiger partial charge in [-0.3, -0.25) is 0 Å². The molecule has 0 radical (unpaired) electrons. The fourth-order valence-corrected chi connectivity index (χ4v) is 2.50. The summed E-state index contributed by atoms with van der Waals surface area (Å²) in [4.78, 5) is 13.8. The van der Waals surface area contributed by atoms with Gasteiger partial charge in [-0.15, -0.1) is 0 Å². The van der Waals surface area contributed by atoms with E-state index < -0.39 is 0 Å². The molecule has 0 spiro atoms. The minimum atomic E-state index is -0.240. The van der Waals surface area contributed by atoms with Crippen LogP contribution >= 0.6 is 0 Å². The van der Waals surface area contributed by atoms with E-state index in [-0.39, 0.29) is 11.6 Å². The van der Waals surface area contributed by atoms with E-state index >= 15 is 0 Å². The number of anilines is 1. The Bertz CT molecular complexity index is 623. The number of rotatable bonds is 1. The highest BCUT2D eigenvalue weighted by Gasteiger charge is 2.37. The van der Waals surface area contributed by atoms with E-state index in [0.29, 0.717) is 13.1 Å². The van der Waals surface area contributed by atoms with Crippen LogP contribution in [-0.4, -0.2) is 29.6 Å². The molecule has 0 aliphatic carbocycles. The Morgan fingerprint density at radius 1 is 1.21 bits per heavy atom. The molecule has 2 aromatic rings. The molecule has 3 N–H and O–H groups in total. The first kappa shape index (κ1) is 12.0. The lowest BCUT2D eigenvalue weighted by Crippen LogP contribution is -2.67. The number of hydrogen-bond donors (Lipinski definition) is 2. The lowest BCUT2D eigenvalue weighted by atomic mass is 9.94.